The summed E-state index contributed by atoms with van der Waals surface area (Å²) < 4.78 is 5.71. The molecule has 3 aliphatic rings. The summed E-state index contributed by atoms with van der Waals surface area (Å²) in [4.78, 5) is 11.5. The van der Waals surface area contributed by atoms with E-state index in [2.05, 4.69) is 29.8 Å². The highest BCUT2D eigenvalue weighted by Gasteiger charge is 2.82. The van der Waals surface area contributed by atoms with Crippen LogP contribution >= 0.6 is 15.9 Å². The second-order valence-electron chi connectivity index (χ2n) is 5.63. The van der Waals surface area contributed by atoms with Gasteiger partial charge in [0, 0.05) is 10.8 Å². The number of rotatable bonds is 1. The van der Waals surface area contributed by atoms with Crippen molar-refractivity contribution in [3.8, 4) is 0 Å². The van der Waals surface area contributed by atoms with E-state index in [9.17, 15) is 9.90 Å². The molecule has 84 valence electrons. The molecule has 1 saturated heterocycles. The van der Waals surface area contributed by atoms with Gasteiger partial charge in [-0.2, -0.15) is 0 Å². The molecule has 0 aromatic heterocycles. The molecule has 4 bridgehead atoms. The summed E-state index contributed by atoms with van der Waals surface area (Å²) in [5.74, 6) is -0.342. The van der Waals surface area contributed by atoms with Crippen molar-refractivity contribution in [2.45, 2.75) is 37.1 Å². The Hall–Kier alpha value is -0.0900. The molecule has 0 amide bonds. The lowest BCUT2D eigenvalue weighted by Gasteiger charge is -2.40. The van der Waals surface area contributed by atoms with Gasteiger partial charge in [-0.1, -0.05) is 29.8 Å². The minimum atomic E-state index is -0.981. The molecule has 1 heterocycles. The van der Waals surface area contributed by atoms with E-state index < -0.39 is 11.6 Å². The number of ether oxygens (including phenoxy) is 1. The minimum Gasteiger partial charge on any atom is -0.479 e. The zero-order valence-corrected chi connectivity index (χ0v) is 10.5. The van der Waals surface area contributed by atoms with Gasteiger partial charge in [-0.15, -0.1) is 0 Å². The lowest BCUT2D eigenvalue weighted by molar-refractivity contribution is -0.172. The average Bonchev–Trinajstić information content (AvgIpc) is 2.57. The van der Waals surface area contributed by atoms with Gasteiger partial charge in [-0.3, -0.25) is 0 Å². The summed E-state index contributed by atoms with van der Waals surface area (Å²) >= 11 is 3.57. The molecule has 5 atom stereocenters. The third kappa shape index (κ3) is 0.705. The molecule has 0 spiro atoms. The van der Waals surface area contributed by atoms with Crippen molar-refractivity contribution < 1.29 is 14.6 Å². The van der Waals surface area contributed by atoms with Crippen molar-refractivity contribution in [3.63, 3.8) is 0 Å². The van der Waals surface area contributed by atoms with Gasteiger partial charge in [0.05, 0.1) is 11.4 Å². The first kappa shape index (κ1) is 10.1. The van der Waals surface area contributed by atoms with Crippen LogP contribution in [0, 0.1) is 16.7 Å². The standard InChI is InChI=1S/C11H15BrO3/c1-9-5-15-11(8(13)14)7(12)6(9)3-4-10(9,11)2/h6-7H,3-5H2,1-2H3,(H,13,14)/t6-,7+,9-,10+,11-/m0/s1. The molecular formula is C11H15BrO3. The Bertz CT molecular complexity index is 358. The zero-order valence-electron chi connectivity index (χ0n) is 8.92. The van der Waals surface area contributed by atoms with E-state index in [4.69, 9.17) is 4.74 Å². The third-order valence-corrected chi connectivity index (χ3v) is 6.80. The van der Waals surface area contributed by atoms with E-state index >= 15 is 0 Å². The largest absolute Gasteiger partial charge is 0.479 e. The predicted octanol–water partition coefficient (Wildman–Crippen LogP) is 2.04. The van der Waals surface area contributed by atoms with Crippen molar-refractivity contribution in [1.82, 2.24) is 0 Å². The average molecular weight is 275 g/mol. The van der Waals surface area contributed by atoms with Crippen LogP contribution in [-0.4, -0.2) is 28.1 Å². The van der Waals surface area contributed by atoms with Gasteiger partial charge in [-0.25, -0.2) is 4.79 Å². The van der Waals surface area contributed by atoms with Crippen molar-refractivity contribution >= 4 is 21.9 Å². The molecular weight excluding hydrogens is 260 g/mol. The van der Waals surface area contributed by atoms with E-state index in [0.29, 0.717) is 12.5 Å². The smallest absolute Gasteiger partial charge is 0.337 e. The van der Waals surface area contributed by atoms with E-state index in [0.717, 1.165) is 12.8 Å². The maximum Gasteiger partial charge on any atom is 0.337 e. The molecule has 3 fully saturated rings. The highest BCUT2D eigenvalue weighted by molar-refractivity contribution is 9.09. The van der Waals surface area contributed by atoms with Crippen LogP contribution < -0.4 is 0 Å². The van der Waals surface area contributed by atoms with Crippen LogP contribution in [-0.2, 0) is 9.53 Å². The van der Waals surface area contributed by atoms with Crippen molar-refractivity contribution in [2.24, 2.45) is 16.7 Å². The summed E-state index contributed by atoms with van der Waals surface area (Å²) in [6.45, 7) is 4.88. The first-order valence-electron chi connectivity index (χ1n) is 5.41. The van der Waals surface area contributed by atoms with E-state index in [1.165, 1.54) is 0 Å². The summed E-state index contributed by atoms with van der Waals surface area (Å²) in [5, 5.41) is 9.51. The van der Waals surface area contributed by atoms with Crippen LogP contribution in [0.1, 0.15) is 26.7 Å². The maximum absolute atomic E-state index is 11.6. The number of hydrogen-bond acceptors (Lipinski definition) is 2. The quantitative estimate of drug-likeness (QED) is 0.745. The van der Waals surface area contributed by atoms with Gasteiger partial charge in [0.25, 0.3) is 0 Å². The molecule has 2 aliphatic carbocycles. The number of hydrogen-bond donors (Lipinski definition) is 1. The van der Waals surface area contributed by atoms with Crippen LogP contribution in [0.3, 0.4) is 0 Å². The molecule has 4 heteroatoms. The Morgan fingerprint density at radius 3 is 2.60 bits per heavy atom. The normalized spacial score (nSPS) is 61.3. The van der Waals surface area contributed by atoms with E-state index in [1.807, 2.05) is 0 Å². The number of carboxylic acid groups (broad SMARTS) is 1. The summed E-state index contributed by atoms with van der Waals surface area (Å²) in [6, 6.07) is 0. The van der Waals surface area contributed by atoms with Gasteiger partial charge in [-0.05, 0) is 18.8 Å². The maximum atomic E-state index is 11.6. The first-order chi connectivity index (χ1) is 6.90. The van der Waals surface area contributed by atoms with Crippen LogP contribution in [0.4, 0.5) is 0 Å². The Morgan fingerprint density at radius 1 is 1.53 bits per heavy atom. The highest BCUT2D eigenvalue weighted by atomic mass is 79.9. The second kappa shape index (κ2) is 2.43. The van der Waals surface area contributed by atoms with Gasteiger partial charge in [0.1, 0.15) is 0 Å². The molecule has 0 unspecified atom stereocenters. The van der Waals surface area contributed by atoms with Gasteiger partial charge in [0.15, 0.2) is 5.60 Å². The van der Waals surface area contributed by atoms with Crippen molar-refractivity contribution in [3.05, 3.63) is 0 Å². The molecule has 0 aromatic rings. The van der Waals surface area contributed by atoms with Crippen LogP contribution in [0.2, 0.25) is 0 Å². The summed E-state index contributed by atoms with van der Waals surface area (Å²) in [5.41, 5.74) is -1.14. The number of carboxylic acids is 1. The summed E-state index contributed by atoms with van der Waals surface area (Å²) in [7, 11) is 0. The van der Waals surface area contributed by atoms with Crippen molar-refractivity contribution in [2.75, 3.05) is 6.61 Å². The topological polar surface area (TPSA) is 46.5 Å². The second-order valence-corrected chi connectivity index (χ2v) is 6.61. The summed E-state index contributed by atoms with van der Waals surface area (Å²) in [6.07, 6.45) is 2.10. The third-order valence-electron chi connectivity index (χ3n) is 5.51. The van der Waals surface area contributed by atoms with Crippen LogP contribution in [0.5, 0.6) is 0 Å². The lowest BCUT2D eigenvalue weighted by atomic mass is 9.66. The fraction of sp³-hybridized carbons (Fsp3) is 0.909. The molecule has 0 aromatic carbocycles. The zero-order chi connectivity index (χ0) is 11.1. The van der Waals surface area contributed by atoms with Gasteiger partial charge < -0.3 is 9.84 Å². The van der Waals surface area contributed by atoms with Gasteiger partial charge in [0.2, 0.25) is 0 Å². The van der Waals surface area contributed by atoms with Gasteiger partial charge >= 0.3 is 5.97 Å². The van der Waals surface area contributed by atoms with Crippen LogP contribution in [0.15, 0.2) is 0 Å². The lowest BCUT2D eigenvalue weighted by Crippen LogP contribution is -2.56. The molecule has 3 rings (SSSR count). The number of halogens is 1. The minimum absolute atomic E-state index is 0.0278. The molecule has 2 saturated carbocycles. The Labute approximate surface area is 97.3 Å². The predicted molar refractivity (Wildman–Crippen MR) is 58.0 cm³/mol. The monoisotopic (exact) mass is 274 g/mol. The van der Waals surface area contributed by atoms with E-state index in [1.54, 1.807) is 0 Å². The Balaban J connectivity index is 2.23. The fourth-order valence-electron chi connectivity index (χ4n) is 4.31. The molecule has 15 heavy (non-hydrogen) atoms. The van der Waals surface area contributed by atoms with Crippen LogP contribution in [0.25, 0.3) is 0 Å². The molecule has 0 radical (unpaired) electrons. The van der Waals surface area contributed by atoms with E-state index in [-0.39, 0.29) is 15.7 Å². The number of carbonyl (C=O) groups is 1. The number of aliphatic carboxylic acids is 1. The highest BCUT2D eigenvalue weighted by Crippen LogP contribution is 2.76. The molecule has 1 N–H and O–H groups in total. The Kier molecular flexibility index (Phi) is 1.63. The molecule has 1 aliphatic heterocycles. The molecule has 3 nitrogen and oxygen atoms in total. The Morgan fingerprint density at radius 2 is 2.20 bits per heavy atom. The first-order valence-corrected chi connectivity index (χ1v) is 6.33. The van der Waals surface area contributed by atoms with Crippen molar-refractivity contribution in [1.29, 1.82) is 0 Å². The fourth-order valence-corrected chi connectivity index (χ4v) is 5.99. The number of alkyl halides is 1. The SMILES string of the molecule is C[C@]12CC[C@H]3[C@@H](Br)[C@@]1(C(=O)O)OC[C@@]32C.